The van der Waals surface area contributed by atoms with Crippen molar-refractivity contribution in [2.24, 2.45) is 5.18 Å². The molecule has 0 aliphatic carbocycles. The molecule has 0 aliphatic heterocycles. The predicted molar refractivity (Wildman–Crippen MR) is 49.2 cm³/mol. The summed E-state index contributed by atoms with van der Waals surface area (Å²) in [4.78, 5) is 27.0. The molecule has 0 spiro atoms. The Kier molecular flexibility index (Phi) is 3.15. The Morgan fingerprint density at radius 1 is 1.36 bits per heavy atom. The number of halogens is 2. The lowest BCUT2D eigenvalue weighted by Gasteiger charge is -2.03. The summed E-state index contributed by atoms with van der Waals surface area (Å²) in [5.74, 6) is -0.462. The first-order chi connectivity index (χ1) is 6.54. The van der Waals surface area contributed by atoms with E-state index in [-0.39, 0.29) is 16.0 Å². The van der Waals surface area contributed by atoms with Crippen LogP contribution in [-0.4, -0.2) is 21.2 Å². The Hall–Kier alpha value is -1.47. The van der Waals surface area contributed by atoms with Crippen LogP contribution in [0.25, 0.3) is 0 Å². The van der Waals surface area contributed by atoms with Gasteiger partial charge in [-0.25, -0.2) is 4.79 Å². The second-order valence-corrected chi connectivity index (χ2v) is 2.72. The van der Waals surface area contributed by atoms with Gasteiger partial charge in [0.25, 0.3) is 5.95 Å². The van der Waals surface area contributed by atoms with Gasteiger partial charge >= 0.3 is 6.09 Å². The van der Waals surface area contributed by atoms with Crippen LogP contribution >= 0.6 is 23.2 Å². The highest BCUT2D eigenvalue weighted by molar-refractivity contribution is 6.38. The molecule has 1 amide bonds. The normalized spacial score (nSPS) is 9.57. The first-order valence-electron chi connectivity index (χ1n) is 3.11. The standard InChI is InChI=1S/C5H2Cl2N4O3/c6-2-1(8-5(12)13)3(7)10-4(9-2)11-14/h8H,(H,12,13). The van der Waals surface area contributed by atoms with Gasteiger partial charge in [-0.3, -0.25) is 5.32 Å². The van der Waals surface area contributed by atoms with Crippen molar-refractivity contribution in [2.45, 2.75) is 0 Å². The van der Waals surface area contributed by atoms with Crippen LogP contribution in [-0.2, 0) is 0 Å². The first-order valence-corrected chi connectivity index (χ1v) is 3.86. The highest BCUT2D eigenvalue weighted by Crippen LogP contribution is 2.28. The van der Waals surface area contributed by atoms with Crippen LogP contribution in [0.1, 0.15) is 0 Å². The molecule has 1 aromatic heterocycles. The highest BCUT2D eigenvalue weighted by Gasteiger charge is 2.13. The van der Waals surface area contributed by atoms with E-state index in [4.69, 9.17) is 28.3 Å². The lowest BCUT2D eigenvalue weighted by atomic mass is 10.5. The maximum atomic E-state index is 10.3. The number of rotatable bonds is 2. The smallest absolute Gasteiger partial charge is 0.409 e. The third kappa shape index (κ3) is 2.27. The van der Waals surface area contributed by atoms with E-state index in [2.05, 4.69) is 15.1 Å². The Bertz CT molecular complexity index is 374. The van der Waals surface area contributed by atoms with Crippen LogP contribution in [0.3, 0.4) is 0 Å². The molecule has 0 saturated carbocycles. The topological polar surface area (TPSA) is 105 Å². The van der Waals surface area contributed by atoms with E-state index in [1.165, 1.54) is 0 Å². The van der Waals surface area contributed by atoms with Crippen molar-refractivity contribution in [3.8, 4) is 0 Å². The lowest BCUT2D eigenvalue weighted by Crippen LogP contribution is -2.09. The van der Waals surface area contributed by atoms with Crippen LogP contribution in [0, 0.1) is 4.91 Å². The molecule has 2 N–H and O–H groups in total. The number of carboxylic acid groups (broad SMARTS) is 1. The van der Waals surface area contributed by atoms with Crippen LogP contribution in [0.2, 0.25) is 10.3 Å². The summed E-state index contributed by atoms with van der Waals surface area (Å²) in [7, 11) is 0. The molecule has 0 unspecified atom stereocenters. The molecular formula is C5H2Cl2N4O3. The van der Waals surface area contributed by atoms with Crippen molar-refractivity contribution in [1.29, 1.82) is 0 Å². The third-order valence-electron chi connectivity index (χ3n) is 1.12. The van der Waals surface area contributed by atoms with E-state index < -0.39 is 12.0 Å². The lowest BCUT2D eigenvalue weighted by molar-refractivity contribution is 0.209. The summed E-state index contributed by atoms with van der Waals surface area (Å²) in [6.07, 6.45) is -1.37. The van der Waals surface area contributed by atoms with Crippen LogP contribution in [0.5, 0.6) is 0 Å². The van der Waals surface area contributed by atoms with Crippen molar-refractivity contribution >= 4 is 40.9 Å². The van der Waals surface area contributed by atoms with E-state index in [0.717, 1.165) is 0 Å². The minimum atomic E-state index is -1.37. The Balaban J connectivity index is 3.17. The van der Waals surface area contributed by atoms with Gasteiger partial charge in [-0.05, 0) is 0 Å². The Morgan fingerprint density at radius 2 is 1.86 bits per heavy atom. The molecular weight excluding hydrogens is 235 g/mol. The monoisotopic (exact) mass is 236 g/mol. The average Bonchev–Trinajstić information content (AvgIpc) is 2.10. The second kappa shape index (κ2) is 4.16. The number of nitrogens with one attached hydrogen (secondary N) is 1. The zero-order valence-corrected chi connectivity index (χ0v) is 7.87. The first kappa shape index (κ1) is 10.6. The van der Waals surface area contributed by atoms with Gasteiger partial charge in [-0.2, -0.15) is 9.97 Å². The van der Waals surface area contributed by atoms with E-state index in [9.17, 15) is 9.70 Å². The van der Waals surface area contributed by atoms with Crippen LogP contribution in [0.4, 0.5) is 16.4 Å². The minimum Gasteiger partial charge on any atom is -0.465 e. The van der Waals surface area contributed by atoms with Crippen LogP contribution < -0.4 is 5.32 Å². The number of anilines is 1. The van der Waals surface area contributed by atoms with Gasteiger partial charge in [0.15, 0.2) is 10.3 Å². The predicted octanol–water partition coefficient (Wildman–Crippen LogP) is 2.27. The van der Waals surface area contributed by atoms with Gasteiger partial charge in [0.2, 0.25) is 0 Å². The average molecular weight is 237 g/mol. The largest absolute Gasteiger partial charge is 0.465 e. The van der Waals surface area contributed by atoms with E-state index >= 15 is 0 Å². The van der Waals surface area contributed by atoms with Crippen molar-refractivity contribution < 1.29 is 9.90 Å². The summed E-state index contributed by atoms with van der Waals surface area (Å²) in [6, 6.07) is 0. The minimum absolute atomic E-state index is 0.187. The number of nitroso groups, excluding NO2 is 1. The maximum absolute atomic E-state index is 10.3. The van der Waals surface area contributed by atoms with Gasteiger partial charge in [0, 0.05) is 5.18 Å². The van der Waals surface area contributed by atoms with Gasteiger partial charge in [0.1, 0.15) is 5.69 Å². The molecule has 14 heavy (non-hydrogen) atoms. The zero-order valence-electron chi connectivity index (χ0n) is 6.36. The summed E-state index contributed by atoms with van der Waals surface area (Å²) in [5.41, 5.74) is -0.187. The summed E-state index contributed by atoms with van der Waals surface area (Å²) in [5, 5.41) is 12.1. The van der Waals surface area contributed by atoms with Gasteiger partial charge in [0.05, 0.1) is 0 Å². The Morgan fingerprint density at radius 3 is 2.21 bits per heavy atom. The molecule has 0 saturated heterocycles. The molecule has 7 nitrogen and oxygen atoms in total. The van der Waals surface area contributed by atoms with Crippen LogP contribution in [0.15, 0.2) is 5.18 Å². The third-order valence-corrected chi connectivity index (χ3v) is 1.67. The molecule has 0 atom stereocenters. The summed E-state index contributed by atoms with van der Waals surface area (Å²) < 4.78 is 0. The van der Waals surface area contributed by atoms with Gasteiger partial charge in [-0.1, -0.05) is 23.2 Å². The highest BCUT2D eigenvalue weighted by atomic mass is 35.5. The van der Waals surface area contributed by atoms with E-state index in [1.54, 1.807) is 0 Å². The number of hydrogen-bond acceptors (Lipinski definition) is 5. The van der Waals surface area contributed by atoms with Gasteiger partial charge in [-0.15, -0.1) is 4.91 Å². The quantitative estimate of drug-likeness (QED) is 0.606. The summed E-state index contributed by atoms with van der Waals surface area (Å²) in [6.45, 7) is 0. The number of nitrogens with zero attached hydrogens (tertiary/aromatic N) is 3. The molecule has 1 rings (SSSR count). The van der Waals surface area contributed by atoms with Gasteiger partial charge < -0.3 is 5.11 Å². The SMILES string of the molecule is O=Nc1nc(Cl)c(NC(=O)O)c(Cl)n1. The molecule has 74 valence electrons. The van der Waals surface area contributed by atoms with Crippen molar-refractivity contribution in [2.75, 3.05) is 5.32 Å². The van der Waals surface area contributed by atoms with Crippen molar-refractivity contribution in [1.82, 2.24) is 9.97 Å². The molecule has 0 aromatic carbocycles. The number of aromatic nitrogens is 2. The number of amides is 1. The number of hydrogen-bond donors (Lipinski definition) is 2. The molecule has 0 bridgehead atoms. The van der Waals surface area contributed by atoms with Crippen molar-refractivity contribution in [3.05, 3.63) is 15.2 Å². The number of carbonyl (C=O) groups is 1. The fraction of sp³-hybridized carbons (Fsp3) is 0. The van der Waals surface area contributed by atoms with Crippen molar-refractivity contribution in [3.63, 3.8) is 0 Å². The fourth-order valence-electron chi connectivity index (χ4n) is 0.648. The summed E-state index contributed by atoms with van der Waals surface area (Å²) >= 11 is 11.0. The molecule has 0 radical (unpaired) electrons. The maximum Gasteiger partial charge on any atom is 0.409 e. The molecule has 0 fully saturated rings. The molecule has 1 aromatic rings. The van der Waals surface area contributed by atoms with E-state index in [1.807, 2.05) is 5.32 Å². The molecule has 9 heteroatoms. The molecule has 1 heterocycles. The second-order valence-electron chi connectivity index (χ2n) is 2.00. The zero-order chi connectivity index (χ0) is 10.7. The van der Waals surface area contributed by atoms with E-state index in [0.29, 0.717) is 0 Å². The Labute approximate surface area is 87.0 Å². The fourth-order valence-corrected chi connectivity index (χ4v) is 1.12. The molecule has 0 aliphatic rings.